The first-order valence-corrected chi connectivity index (χ1v) is 10.1. The second-order valence-electron chi connectivity index (χ2n) is 7.37. The normalized spacial score (nSPS) is 14.4. The molecule has 154 valence electrons. The quantitative estimate of drug-likeness (QED) is 0.613. The number of benzene rings is 1. The van der Waals surface area contributed by atoms with Gasteiger partial charge in [-0.25, -0.2) is 4.98 Å². The van der Waals surface area contributed by atoms with Crippen molar-refractivity contribution in [3.05, 3.63) is 72.7 Å². The summed E-state index contributed by atoms with van der Waals surface area (Å²) in [5.74, 6) is 0.659. The lowest BCUT2D eigenvalue weighted by molar-refractivity contribution is -0.106. The lowest BCUT2D eigenvalue weighted by Gasteiger charge is -2.34. The fraction of sp³-hybridized carbons (Fsp3) is 0.261. The van der Waals surface area contributed by atoms with Crippen LogP contribution in [0.25, 0.3) is 0 Å². The Morgan fingerprint density at radius 3 is 2.60 bits per heavy atom. The fourth-order valence-corrected chi connectivity index (χ4v) is 3.57. The van der Waals surface area contributed by atoms with Gasteiger partial charge < -0.3 is 15.1 Å². The molecule has 1 aliphatic rings. The Morgan fingerprint density at radius 2 is 1.83 bits per heavy atom. The van der Waals surface area contributed by atoms with E-state index in [0.29, 0.717) is 12.4 Å². The van der Waals surface area contributed by atoms with Crippen molar-refractivity contribution in [1.29, 1.82) is 0 Å². The monoisotopic (exact) mass is 402 g/mol. The summed E-state index contributed by atoms with van der Waals surface area (Å²) in [5, 5.41) is 3.34. The summed E-state index contributed by atoms with van der Waals surface area (Å²) in [6.45, 7) is 4.63. The fourth-order valence-electron chi connectivity index (χ4n) is 3.57. The molecular formula is C23H26N6O. The van der Waals surface area contributed by atoms with E-state index in [1.165, 1.54) is 0 Å². The van der Waals surface area contributed by atoms with E-state index in [0.717, 1.165) is 55.2 Å². The summed E-state index contributed by atoms with van der Waals surface area (Å²) in [7, 11) is 2.14. The molecule has 1 amide bonds. The van der Waals surface area contributed by atoms with E-state index < -0.39 is 0 Å². The van der Waals surface area contributed by atoms with Crippen molar-refractivity contribution in [3.8, 4) is 0 Å². The molecule has 1 aliphatic heterocycles. The minimum atomic E-state index is 0.598. The van der Waals surface area contributed by atoms with Crippen molar-refractivity contribution in [3.63, 3.8) is 0 Å². The van der Waals surface area contributed by atoms with Crippen LogP contribution in [0.15, 0.2) is 67.1 Å². The van der Waals surface area contributed by atoms with Crippen LogP contribution in [0.5, 0.6) is 0 Å². The van der Waals surface area contributed by atoms with E-state index in [9.17, 15) is 4.79 Å². The van der Waals surface area contributed by atoms with Gasteiger partial charge in [0.15, 0.2) is 5.82 Å². The minimum absolute atomic E-state index is 0.598. The molecule has 4 rings (SSSR count). The number of hydrogen-bond donors (Lipinski definition) is 1. The van der Waals surface area contributed by atoms with Crippen molar-refractivity contribution in [2.75, 3.05) is 48.3 Å². The Labute approximate surface area is 177 Å². The van der Waals surface area contributed by atoms with E-state index in [-0.39, 0.29) is 0 Å². The van der Waals surface area contributed by atoms with Gasteiger partial charge in [-0.05, 0) is 55.1 Å². The van der Waals surface area contributed by atoms with Crippen LogP contribution < -0.4 is 15.1 Å². The number of amides is 1. The number of anilines is 4. The van der Waals surface area contributed by atoms with Crippen LogP contribution in [0.2, 0.25) is 0 Å². The largest absolute Gasteiger partial charge is 0.369 e. The van der Waals surface area contributed by atoms with Crippen LogP contribution in [-0.4, -0.2) is 54.5 Å². The molecular weight excluding hydrogens is 376 g/mol. The molecule has 0 bridgehead atoms. The van der Waals surface area contributed by atoms with Gasteiger partial charge in [0.25, 0.3) is 0 Å². The number of nitrogens with zero attached hydrogens (tertiary/aromatic N) is 5. The number of pyridine rings is 2. The molecule has 1 N–H and O–H groups in total. The van der Waals surface area contributed by atoms with Gasteiger partial charge in [-0.15, -0.1) is 0 Å². The molecule has 0 unspecified atom stereocenters. The molecule has 7 nitrogen and oxygen atoms in total. The van der Waals surface area contributed by atoms with Gasteiger partial charge in [-0.2, -0.15) is 0 Å². The highest BCUT2D eigenvalue weighted by molar-refractivity contribution is 5.91. The number of carbonyl (C=O) groups excluding carboxylic acids is 1. The standard InChI is InChI=1S/C23H26N6O/c1-27-12-14-28(15-13-27)20-4-2-5-21(16-20)29(18-30)22-6-3-9-25-23(22)26-17-19-7-10-24-11-8-19/h2-11,16,18H,12-15,17H2,1H3,(H,25,26). The number of piperazine rings is 1. The Morgan fingerprint density at radius 1 is 1.03 bits per heavy atom. The highest BCUT2D eigenvalue weighted by atomic mass is 16.1. The van der Waals surface area contributed by atoms with Gasteiger partial charge in [0.05, 0.1) is 11.4 Å². The molecule has 2 aromatic heterocycles. The zero-order valence-electron chi connectivity index (χ0n) is 17.1. The Balaban J connectivity index is 1.57. The molecule has 1 aromatic carbocycles. The Bertz CT molecular complexity index is 972. The smallest absolute Gasteiger partial charge is 0.218 e. The third kappa shape index (κ3) is 4.58. The van der Waals surface area contributed by atoms with Gasteiger partial charge in [-0.3, -0.25) is 14.7 Å². The topological polar surface area (TPSA) is 64.6 Å². The van der Waals surface area contributed by atoms with E-state index in [1.54, 1.807) is 23.5 Å². The number of aromatic nitrogens is 2. The molecule has 3 heterocycles. The van der Waals surface area contributed by atoms with Crippen LogP contribution in [0.1, 0.15) is 5.56 Å². The summed E-state index contributed by atoms with van der Waals surface area (Å²) < 4.78 is 0. The molecule has 0 atom stereocenters. The van der Waals surface area contributed by atoms with Crippen LogP contribution in [0, 0.1) is 0 Å². The molecule has 0 aliphatic carbocycles. The van der Waals surface area contributed by atoms with E-state index >= 15 is 0 Å². The summed E-state index contributed by atoms with van der Waals surface area (Å²) in [4.78, 5) is 26.9. The van der Waals surface area contributed by atoms with Crippen molar-refractivity contribution >= 4 is 29.3 Å². The maximum atomic E-state index is 12.1. The maximum Gasteiger partial charge on any atom is 0.218 e. The van der Waals surface area contributed by atoms with Gasteiger partial charge in [0.1, 0.15) is 0 Å². The number of hydrogen-bond acceptors (Lipinski definition) is 6. The van der Waals surface area contributed by atoms with E-state index in [1.807, 2.05) is 36.4 Å². The molecule has 0 radical (unpaired) electrons. The highest BCUT2D eigenvalue weighted by Crippen LogP contribution is 2.32. The third-order valence-corrected chi connectivity index (χ3v) is 5.34. The number of nitrogens with one attached hydrogen (secondary N) is 1. The van der Waals surface area contributed by atoms with E-state index in [2.05, 4.69) is 44.3 Å². The molecule has 0 saturated carbocycles. The van der Waals surface area contributed by atoms with Crippen molar-refractivity contribution < 1.29 is 4.79 Å². The average Bonchev–Trinajstić information content (AvgIpc) is 2.80. The SMILES string of the molecule is CN1CCN(c2cccc(N(C=O)c3cccnc3NCc3ccncc3)c2)CC1. The maximum absolute atomic E-state index is 12.1. The first-order valence-electron chi connectivity index (χ1n) is 10.1. The third-order valence-electron chi connectivity index (χ3n) is 5.34. The first kappa shape index (κ1) is 19.8. The average molecular weight is 403 g/mol. The van der Waals surface area contributed by atoms with Crippen molar-refractivity contribution in [2.45, 2.75) is 6.54 Å². The highest BCUT2D eigenvalue weighted by Gasteiger charge is 2.18. The van der Waals surface area contributed by atoms with Crippen LogP contribution in [-0.2, 0) is 11.3 Å². The summed E-state index contributed by atoms with van der Waals surface area (Å²) in [5.41, 5.74) is 3.76. The van der Waals surface area contributed by atoms with Crippen molar-refractivity contribution in [2.24, 2.45) is 0 Å². The Hall–Kier alpha value is -3.45. The predicted octanol–water partition coefficient (Wildman–Crippen LogP) is 3.14. The molecule has 1 saturated heterocycles. The van der Waals surface area contributed by atoms with Crippen LogP contribution in [0.3, 0.4) is 0 Å². The number of rotatable bonds is 7. The lowest BCUT2D eigenvalue weighted by Crippen LogP contribution is -2.44. The van der Waals surface area contributed by atoms with Gasteiger partial charge in [-0.1, -0.05) is 6.07 Å². The second kappa shape index (κ2) is 9.37. The van der Waals surface area contributed by atoms with Crippen LogP contribution >= 0.6 is 0 Å². The molecule has 30 heavy (non-hydrogen) atoms. The summed E-state index contributed by atoms with van der Waals surface area (Å²) in [6.07, 6.45) is 6.09. The zero-order chi connectivity index (χ0) is 20.8. The summed E-state index contributed by atoms with van der Waals surface area (Å²) >= 11 is 0. The number of likely N-dealkylation sites (N-methyl/N-ethyl adjacent to an activating group) is 1. The van der Waals surface area contributed by atoms with Crippen molar-refractivity contribution in [1.82, 2.24) is 14.9 Å². The van der Waals surface area contributed by atoms with Gasteiger partial charge >= 0.3 is 0 Å². The molecule has 0 spiro atoms. The lowest BCUT2D eigenvalue weighted by atomic mass is 10.2. The molecule has 3 aromatic rings. The van der Waals surface area contributed by atoms with Crippen LogP contribution in [0.4, 0.5) is 22.9 Å². The van der Waals surface area contributed by atoms with Gasteiger partial charge in [0, 0.05) is 57.0 Å². The Kier molecular flexibility index (Phi) is 6.20. The van der Waals surface area contributed by atoms with Gasteiger partial charge in [0.2, 0.25) is 6.41 Å². The predicted molar refractivity (Wildman–Crippen MR) is 120 cm³/mol. The number of carbonyl (C=O) groups is 1. The first-order chi connectivity index (χ1) is 14.7. The zero-order valence-corrected chi connectivity index (χ0v) is 17.1. The molecule has 1 fully saturated rings. The molecule has 7 heteroatoms. The minimum Gasteiger partial charge on any atom is -0.369 e. The summed E-state index contributed by atoms with van der Waals surface area (Å²) in [6, 6.07) is 15.8. The second-order valence-corrected chi connectivity index (χ2v) is 7.37. The van der Waals surface area contributed by atoms with E-state index in [4.69, 9.17) is 0 Å².